The van der Waals surface area contributed by atoms with Crippen molar-refractivity contribution in [3.63, 3.8) is 0 Å². The van der Waals surface area contributed by atoms with Crippen LogP contribution in [0.15, 0.2) is 16.7 Å². The topological polar surface area (TPSA) is 28.4 Å². The maximum atomic E-state index is 5.62. The summed E-state index contributed by atoms with van der Waals surface area (Å²) >= 11 is 0. The third-order valence-corrected chi connectivity index (χ3v) is 4.35. The molecule has 0 radical (unpaired) electrons. The van der Waals surface area contributed by atoms with Gasteiger partial charge in [0.2, 0.25) is 0 Å². The van der Waals surface area contributed by atoms with Crippen LogP contribution in [0.3, 0.4) is 0 Å². The van der Waals surface area contributed by atoms with Crippen molar-refractivity contribution in [2.24, 2.45) is 5.92 Å². The highest BCUT2D eigenvalue weighted by Crippen LogP contribution is 2.23. The fourth-order valence-corrected chi connectivity index (χ4v) is 3.12. The van der Waals surface area contributed by atoms with Crippen LogP contribution in [0.25, 0.3) is 0 Å². The minimum atomic E-state index is 0.864. The summed E-state index contributed by atoms with van der Waals surface area (Å²) in [6.07, 6.45) is 8.48. The second kappa shape index (κ2) is 8.48. The third-order valence-electron chi connectivity index (χ3n) is 4.35. The summed E-state index contributed by atoms with van der Waals surface area (Å²) < 4.78 is 5.62. The maximum absolute atomic E-state index is 5.62. The van der Waals surface area contributed by atoms with E-state index in [4.69, 9.17) is 4.42 Å². The zero-order valence-electron chi connectivity index (χ0n) is 13.2. The smallest absolute Gasteiger partial charge is 0.122 e. The van der Waals surface area contributed by atoms with Crippen molar-refractivity contribution < 1.29 is 4.42 Å². The highest BCUT2D eigenvalue weighted by atomic mass is 16.3. The van der Waals surface area contributed by atoms with Gasteiger partial charge in [0, 0.05) is 12.1 Å². The Kier molecular flexibility index (Phi) is 6.61. The Labute approximate surface area is 123 Å². The molecule has 0 saturated carbocycles. The van der Waals surface area contributed by atoms with Crippen molar-refractivity contribution in [2.75, 3.05) is 19.6 Å². The number of likely N-dealkylation sites (tertiary alicyclic amines) is 1. The van der Waals surface area contributed by atoms with E-state index in [9.17, 15) is 0 Å². The van der Waals surface area contributed by atoms with E-state index in [1.54, 1.807) is 0 Å². The summed E-state index contributed by atoms with van der Waals surface area (Å²) in [5.74, 6) is 2.08. The molecule has 3 heteroatoms. The van der Waals surface area contributed by atoms with Crippen LogP contribution in [0.1, 0.15) is 57.3 Å². The summed E-state index contributed by atoms with van der Waals surface area (Å²) in [4.78, 5) is 2.58. The Morgan fingerprint density at radius 3 is 2.75 bits per heavy atom. The van der Waals surface area contributed by atoms with Crippen LogP contribution >= 0.6 is 0 Å². The first-order valence-corrected chi connectivity index (χ1v) is 8.31. The molecule has 0 aromatic carbocycles. The summed E-state index contributed by atoms with van der Waals surface area (Å²) in [6, 6.07) is 2.14. The van der Waals surface area contributed by atoms with Gasteiger partial charge in [-0.25, -0.2) is 0 Å². The van der Waals surface area contributed by atoms with Gasteiger partial charge in [0.05, 0.1) is 12.8 Å². The van der Waals surface area contributed by atoms with Gasteiger partial charge in [-0.15, -0.1) is 0 Å². The van der Waals surface area contributed by atoms with Crippen molar-refractivity contribution in [2.45, 2.75) is 59.0 Å². The molecule has 2 rings (SSSR count). The van der Waals surface area contributed by atoms with Crippen LogP contribution in [-0.2, 0) is 13.1 Å². The minimum absolute atomic E-state index is 0.864. The number of piperidine rings is 1. The minimum Gasteiger partial charge on any atom is -0.468 e. The average molecular weight is 278 g/mol. The quantitative estimate of drug-likeness (QED) is 0.733. The number of nitrogens with zero attached hydrogens (tertiary/aromatic N) is 1. The van der Waals surface area contributed by atoms with Crippen molar-refractivity contribution >= 4 is 0 Å². The zero-order chi connectivity index (χ0) is 14.2. The summed E-state index contributed by atoms with van der Waals surface area (Å²) in [5.41, 5.74) is 1.36. The Bertz CT molecular complexity index is 367. The molecule has 1 aromatic heterocycles. The first kappa shape index (κ1) is 15.6. The molecule has 2 heterocycles. The molecule has 1 N–H and O–H groups in total. The van der Waals surface area contributed by atoms with Gasteiger partial charge in [0.1, 0.15) is 5.76 Å². The molecule has 114 valence electrons. The Morgan fingerprint density at radius 1 is 1.25 bits per heavy atom. The highest BCUT2D eigenvalue weighted by molar-refractivity contribution is 5.17. The second-order valence-electron chi connectivity index (χ2n) is 6.05. The molecule has 0 atom stereocenters. The molecule has 20 heavy (non-hydrogen) atoms. The van der Waals surface area contributed by atoms with Crippen molar-refractivity contribution in [3.8, 4) is 0 Å². The average Bonchev–Trinajstić information content (AvgIpc) is 2.89. The lowest BCUT2D eigenvalue weighted by Crippen LogP contribution is -2.33. The maximum Gasteiger partial charge on any atom is 0.122 e. The lowest BCUT2D eigenvalue weighted by molar-refractivity contribution is 0.171. The predicted molar refractivity (Wildman–Crippen MR) is 83.6 cm³/mol. The molecule has 1 aliphatic heterocycles. The summed E-state index contributed by atoms with van der Waals surface area (Å²) in [5, 5.41) is 3.43. The van der Waals surface area contributed by atoms with Crippen LogP contribution in [0, 0.1) is 5.92 Å². The van der Waals surface area contributed by atoms with Crippen molar-refractivity contribution in [3.05, 3.63) is 23.7 Å². The third kappa shape index (κ3) is 4.64. The molecule has 0 bridgehead atoms. The van der Waals surface area contributed by atoms with Gasteiger partial charge < -0.3 is 9.73 Å². The molecule has 0 unspecified atom stereocenters. The fraction of sp³-hybridized carbons (Fsp3) is 0.765. The molecule has 0 spiro atoms. The SMILES string of the molecule is CCCNCc1occc1CN1CCC(CCC)CC1. The number of furan rings is 1. The molecular formula is C17H30N2O. The van der Waals surface area contributed by atoms with Gasteiger partial charge in [-0.1, -0.05) is 26.7 Å². The molecule has 1 saturated heterocycles. The molecule has 1 aromatic rings. The number of nitrogens with one attached hydrogen (secondary N) is 1. The van der Waals surface area contributed by atoms with E-state index >= 15 is 0 Å². The fourth-order valence-electron chi connectivity index (χ4n) is 3.12. The van der Waals surface area contributed by atoms with Gasteiger partial charge in [-0.3, -0.25) is 4.90 Å². The number of hydrogen-bond acceptors (Lipinski definition) is 3. The normalized spacial score (nSPS) is 17.7. The standard InChI is InChI=1S/C17H30N2O/c1-3-5-15-6-10-19(11-7-15)14-16-8-12-20-17(16)13-18-9-4-2/h8,12,15,18H,3-7,9-11,13-14H2,1-2H3. The van der Waals surface area contributed by atoms with E-state index in [0.29, 0.717) is 0 Å². The van der Waals surface area contributed by atoms with Crippen LogP contribution in [0.2, 0.25) is 0 Å². The van der Waals surface area contributed by atoms with Gasteiger partial charge in [0.15, 0.2) is 0 Å². The largest absolute Gasteiger partial charge is 0.468 e. The Hall–Kier alpha value is -0.800. The Balaban J connectivity index is 1.78. The summed E-state index contributed by atoms with van der Waals surface area (Å²) in [6.45, 7) is 9.96. The molecule has 0 amide bonds. The van der Waals surface area contributed by atoms with Crippen molar-refractivity contribution in [1.82, 2.24) is 10.2 Å². The number of rotatable bonds is 8. The molecule has 1 fully saturated rings. The van der Waals surface area contributed by atoms with Crippen LogP contribution in [-0.4, -0.2) is 24.5 Å². The van der Waals surface area contributed by atoms with Crippen LogP contribution in [0.5, 0.6) is 0 Å². The second-order valence-corrected chi connectivity index (χ2v) is 6.05. The first-order chi connectivity index (χ1) is 9.83. The van der Waals surface area contributed by atoms with E-state index in [2.05, 4.69) is 30.1 Å². The zero-order valence-corrected chi connectivity index (χ0v) is 13.2. The molecule has 1 aliphatic rings. The monoisotopic (exact) mass is 278 g/mol. The summed E-state index contributed by atoms with van der Waals surface area (Å²) in [7, 11) is 0. The molecular weight excluding hydrogens is 248 g/mol. The van der Waals surface area contributed by atoms with Crippen molar-refractivity contribution in [1.29, 1.82) is 0 Å². The lowest BCUT2D eigenvalue weighted by Gasteiger charge is -2.31. The van der Waals surface area contributed by atoms with E-state index in [0.717, 1.165) is 31.3 Å². The van der Waals surface area contributed by atoms with E-state index in [-0.39, 0.29) is 0 Å². The molecule has 3 nitrogen and oxygen atoms in total. The highest BCUT2D eigenvalue weighted by Gasteiger charge is 2.19. The van der Waals surface area contributed by atoms with Gasteiger partial charge in [0.25, 0.3) is 0 Å². The number of hydrogen-bond donors (Lipinski definition) is 1. The molecule has 0 aliphatic carbocycles. The predicted octanol–water partition coefficient (Wildman–Crippen LogP) is 3.79. The van der Waals surface area contributed by atoms with E-state index in [1.165, 1.54) is 50.8 Å². The lowest BCUT2D eigenvalue weighted by atomic mass is 9.92. The van der Waals surface area contributed by atoms with Gasteiger partial charge in [-0.2, -0.15) is 0 Å². The van der Waals surface area contributed by atoms with E-state index < -0.39 is 0 Å². The van der Waals surface area contributed by atoms with Crippen LogP contribution < -0.4 is 5.32 Å². The van der Waals surface area contributed by atoms with Gasteiger partial charge in [-0.05, 0) is 50.9 Å². The first-order valence-electron chi connectivity index (χ1n) is 8.31. The van der Waals surface area contributed by atoms with E-state index in [1.807, 2.05) is 6.26 Å². The van der Waals surface area contributed by atoms with Crippen LogP contribution in [0.4, 0.5) is 0 Å². The van der Waals surface area contributed by atoms with Gasteiger partial charge >= 0.3 is 0 Å². The Morgan fingerprint density at radius 2 is 2.05 bits per heavy atom.